The summed E-state index contributed by atoms with van der Waals surface area (Å²) in [4.78, 5) is 66.7. The zero-order valence-corrected chi connectivity index (χ0v) is 25.4. The second-order valence-electron chi connectivity index (χ2n) is 12.0. The maximum absolute atomic E-state index is 12.6. The number of carbonyl (C=O) groups excluding carboxylic acids is 4. The maximum Gasteiger partial charge on any atom is 0.326 e. The van der Waals surface area contributed by atoms with Gasteiger partial charge in [-0.3, -0.25) is 39.6 Å². The zero-order valence-electron chi connectivity index (χ0n) is 25.4. The van der Waals surface area contributed by atoms with Gasteiger partial charge >= 0.3 is 6.03 Å². The molecule has 0 spiro atoms. The number of carbonyl (C=O) groups is 4. The topological polar surface area (TPSA) is 168 Å². The summed E-state index contributed by atoms with van der Waals surface area (Å²) in [5.41, 5.74) is 2.81. The van der Waals surface area contributed by atoms with Gasteiger partial charge in [-0.15, -0.1) is 0 Å². The van der Waals surface area contributed by atoms with Crippen molar-refractivity contribution < 1.29 is 19.2 Å². The van der Waals surface area contributed by atoms with Gasteiger partial charge in [0.1, 0.15) is 0 Å². The first-order valence-electron chi connectivity index (χ1n) is 13.8. The molecule has 0 atom stereocenters. The van der Waals surface area contributed by atoms with Gasteiger partial charge in [0.15, 0.2) is 0 Å². The third kappa shape index (κ3) is 8.51. The first kappa shape index (κ1) is 31.4. The predicted molar refractivity (Wildman–Crippen MR) is 167 cm³/mol. The molecule has 44 heavy (non-hydrogen) atoms. The van der Waals surface area contributed by atoms with Gasteiger partial charge in [0.25, 0.3) is 11.8 Å². The molecule has 4 rings (SSSR count). The van der Waals surface area contributed by atoms with Crippen LogP contribution in [0.25, 0.3) is 22.8 Å². The highest BCUT2D eigenvalue weighted by atomic mass is 16.2. The molecule has 0 saturated carbocycles. The van der Waals surface area contributed by atoms with E-state index in [1.54, 1.807) is 42.5 Å². The summed E-state index contributed by atoms with van der Waals surface area (Å²) in [6.45, 7) is 11.2. The van der Waals surface area contributed by atoms with Gasteiger partial charge in [-0.25, -0.2) is 4.79 Å². The van der Waals surface area contributed by atoms with Crippen molar-refractivity contribution in [2.45, 2.75) is 47.1 Å². The Morgan fingerprint density at radius 2 is 0.977 bits per heavy atom. The third-order valence-electron chi connectivity index (χ3n) is 6.02. The molecule has 12 heteroatoms. The zero-order chi connectivity index (χ0) is 32.1. The number of imide groups is 1. The number of rotatable bonds is 6. The number of amides is 5. The first-order valence-corrected chi connectivity index (χ1v) is 13.8. The molecule has 0 saturated heterocycles. The molecular formula is C32H34N8O4. The van der Waals surface area contributed by atoms with Crippen molar-refractivity contribution in [3.05, 3.63) is 84.4 Å². The van der Waals surface area contributed by atoms with Crippen LogP contribution in [-0.2, 0) is 4.79 Å². The fourth-order valence-corrected chi connectivity index (χ4v) is 3.67. The van der Waals surface area contributed by atoms with E-state index in [9.17, 15) is 19.2 Å². The molecule has 0 unspecified atom stereocenters. The number of nitrogens with zero attached hydrogens (tertiary/aromatic N) is 4. The highest BCUT2D eigenvalue weighted by Gasteiger charge is 2.21. The van der Waals surface area contributed by atoms with Crippen LogP contribution in [0.3, 0.4) is 0 Å². The molecule has 0 fully saturated rings. The molecular weight excluding hydrogens is 560 g/mol. The fraction of sp³-hybridized carbons (Fsp3) is 0.250. The summed E-state index contributed by atoms with van der Waals surface area (Å²) >= 11 is 0. The molecule has 4 N–H and O–H groups in total. The Morgan fingerprint density at radius 3 is 1.36 bits per heavy atom. The van der Waals surface area contributed by atoms with E-state index in [2.05, 4.69) is 41.2 Å². The largest absolute Gasteiger partial charge is 0.347 e. The molecule has 4 aromatic heterocycles. The smallest absolute Gasteiger partial charge is 0.326 e. The van der Waals surface area contributed by atoms with Gasteiger partial charge < -0.3 is 16.0 Å². The average Bonchev–Trinajstić information content (AvgIpc) is 2.97. The Balaban J connectivity index is 1.30. The standard InChI is InChI=1S/C32H34N8O4/c1-31(2,3)29(43)37-21-9-13-25(35-17-21)23-11-7-19(15-33-23)27(41)39-30(44)38-22-10-14-26(36-18-22)24-12-8-20(16-34-24)28(42)40-32(4,5)6/h7-18H,1-6H3,(H,37,43)(H,40,42)(H2,38,39,41,44). The molecule has 0 aliphatic carbocycles. The summed E-state index contributed by atoms with van der Waals surface area (Å²) in [6, 6.07) is 12.5. The van der Waals surface area contributed by atoms with Gasteiger partial charge in [-0.05, 0) is 69.3 Å². The summed E-state index contributed by atoms with van der Waals surface area (Å²) in [5, 5.41) is 10.5. The van der Waals surface area contributed by atoms with Gasteiger partial charge in [-0.2, -0.15) is 0 Å². The van der Waals surface area contributed by atoms with Crippen LogP contribution in [0.15, 0.2) is 73.3 Å². The average molecular weight is 595 g/mol. The highest BCUT2D eigenvalue weighted by Crippen LogP contribution is 2.20. The van der Waals surface area contributed by atoms with Crippen LogP contribution < -0.4 is 21.3 Å². The normalized spacial score (nSPS) is 11.3. The Kier molecular flexibility index (Phi) is 9.12. The lowest BCUT2D eigenvalue weighted by molar-refractivity contribution is -0.123. The minimum atomic E-state index is -0.740. The SMILES string of the molecule is CC(C)(C)NC(=O)c1ccc(-c2ccc(NC(=O)NC(=O)c3ccc(-c4ccc(NC(=O)C(C)(C)C)cn4)nc3)cn2)nc1. The van der Waals surface area contributed by atoms with Crippen molar-refractivity contribution in [1.29, 1.82) is 0 Å². The molecule has 0 bridgehead atoms. The minimum absolute atomic E-state index is 0.124. The van der Waals surface area contributed by atoms with Crippen molar-refractivity contribution in [2.24, 2.45) is 5.41 Å². The monoisotopic (exact) mass is 594 g/mol. The van der Waals surface area contributed by atoms with E-state index < -0.39 is 17.4 Å². The molecule has 0 radical (unpaired) electrons. The van der Waals surface area contributed by atoms with Crippen LogP contribution in [0.4, 0.5) is 16.2 Å². The van der Waals surface area contributed by atoms with Gasteiger partial charge in [0, 0.05) is 23.3 Å². The lowest BCUT2D eigenvalue weighted by Crippen LogP contribution is -2.40. The van der Waals surface area contributed by atoms with Crippen LogP contribution in [0, 0.1) is 5.41 Å². The van der Waals surface area contributed by atoms with Crippen molar-refractivity contribution in [2.75, 3.05) is 10.6 Å². The van der Waals surface area contributed by atoms with Gasteiger partial charge in [0.05, 0.1) is 57.7 Å². The molecule has 12 nitrogen and oxygen atoms in total. The molecule has 4 aromatic rings. The summed E-state index contributed by atoms with van der Waals surface area (Å²) in [7, 11) is 0. The lowest BCUT2D eigenvalue weighted by atomic mass is 9.95. The van der Waals surface area contributed by atoms with E-state index in [-0.39, 0.29) is 22.9 Å². The molecule has 0 aliphatic heterocycles. The summed E-state index contributed by atoms with van der Waals surface area (Å²) in [5.74, 6) is -0.984. The molecule has 0 aliphatic rings. The van der Waals surface area contributed by atoms with Crippen molar-refractivity contribution in [3.8, 4) is 22.8 Å². The Bertz CT molecular complexity index is 1650. The quantitative estimate of drug-likeness (QED) is 0.240. The Labute approximate surface area is 255 Å². The first-order chi connectivity index (χ1) is 20.7. The van der Waals surface area contributed by atoms with Crippen LogP contribution in [-0.4, -0.2) is 49.2 Å². The van der Waals surface area contributed by atoms with Crippen molar-refractivity contribution >= 4 is 35.1 Å². The number of nitrogens with one attached hydrogen (secondary N) is 4. The van der Waals surface area contributed by atoms with Crippen molar-refractivity contribution in [3.63, 3.8) is 0 Å². The number of hydrogen-bond donors (Lipinski definition) is 4. The van der Waals surface area contributed by atoms with Crippen LogP contribution in [0.1, 0.15) is 62.3 Å². The van der Waals surface area contributed by atoms with Crippen LogP contribution in [0.2, 0.25) is 0 Å². The third-order valence-corrected chi connectivity index (χ3v) is 6.02. The van der Waals surface area contributed by atoms with E-state index in [1.807, 2.05) is 41.5 Å². The number of urea groups is 1. The number of hydrogen-bond acceptors (Lipinski definition) is 8. The predicted octanol–water partition coefficient (Wildman–Crippen LogP) is 5.08. The summed E-state index contributed by atoms with van der Waals surface area (Å²) < 4.78 is 0. The van der Waals surface area contributed by atoms with Gasteiger partial charge in [-0.1, -0.05) is 20.8 Å². The van der Waals surface area contributed by atoms with Crippen molar-refractivity contribution in [1.82, 2.24) is 30.6 Å². The van der Waals surface area contributed by atoms with Crippen LogP contribution >= 0.6 is 0 Å². The Morgan fingerprint density at radius 1 is 0.545 bits per heavy atom. The Hall–Kier alpha value is -5.52. The second kappa shape index (κ2) is 12.8. The number of aromatic nitrogens is 4. The van der Waals surface area contributed by atoms with E-state index >= 15 is 0 Å². The number of anilines is 2. The fourth-order valence-electron chi connectivity index (χ4n) is 3.67. The van der Waals surface area contributed by atoms with Crippen LogP contribution in [0.5, 0.6) is 0 Å². The van der Waals surface area contributed by atoms with E-state index in [0.717, 1.165) is 0 Å². The minimum Gasteiger partial charge on any atom is -0.347 e. The highest BCUT2D eigenvalue weighted by molar-refractivity contribution is 6.08. The lowest BCUT2D eigenvalue weighted by Gasteiger charge is -2.20. The van der Waals surface area contributed by atoms with E-state index in [0.29, 0.717) is 39.7 Å². The molecule has 4 heterocycles. The molecule has 226 valence electrons. The molecule has 5 amide bonds. The number of pyridine rings is 4. The van der Waals surface area contributed by atoms with E-state index in [4.69, 9.17) is 0 Å². The molecule has 0 aromatic carbocycles. The maximum atomic E-state index is 12.6. The van der Waals surface area contributed by atoms with E-state index in [1.165, 1.54) is 30.9 Å². The second-order valence-corrected chi connectivity index (χ2v) is 12.0. The van der Waals surface area contributed by atoms with Gasteiger partial charge in [0.2, 0.25) is 5.91 Å². The summed E-state index contributed by atoms with van der Waals surface area (Å²) in [6.07, 6.45) is 5.79.